The largest absolute Gasteiger partial charge is 0.326 e. The molecule has 0 unspecified atom stereocenters. The molecule has 0 fully saturated rings. The monoisotopic (exact) mass is 359 g/mol. The molecule has 1 aliphatic rings. The van der Waals surface area contributed by atoms with Crippen LogP contribution < -0.4 is 10.9 Å². The van der Waals surface area contributed by atoms with Gasteiger partial charge in [0.25, 0.3) is 5.56 Å². The number of carbonyl (C=O) groups is 1. The molecule has 0 bridgehead atoms. The van der Waals surface area contributed by atoms with Gasteiger partial charge in [-0.05, 0) is 65.4 Å². The van der Waals surface area contributed by atoms with Gasteiger partial charge in [-0.25, -0.2) is 0 Å². The fraction of sp³-hybridized carbons (Fsp3) is 0.227. The van der Waals surface area contributed by atoms with Crippen molar-refractivity contribution in [2.45, 2.75) is 26.2 Å². The van der Waals surface area contributed by atoms with Gasteiger partial charge >= 0.3 is 0 Å². The normalized spacial score (nSPS) is 13.2. The van der Waals surface area contributed by atoms with Crippen LogP contribution in [0.2, 0.25) is 0 Å². The lowest BCUT2D eigenvalue weighted by Gasteiger charge is -2.22. The number of aryl methyl sites for hydroxylation is 3. The number of nitrogens with zero attached hydrogens (tertiary/aromatic N) is 2. The van der Waals surface area contributed by atoms with Crippen molar-refractivity contribution in [3.05, 3.63) is 81.5 Å². The number of fused-ring (bicyclic) bond motifs is 1. The van der Waals surface area contributed by atoms with E-state index in [1.807, 2.05) is 37.5 Å². The summed E-state index contributed by atoms with van der Waals surface area (Å²) < 4.78 is 1.62. The van der Waals surface area contributed by atoms with Gasteiger partial charge in [0.2, 0.25) is 5.91 Å². The Morgan fingerprint density at radius 2 is 2.00 bits per heavy atom. The molecule has 0 spiro atoms. The van der Waals surface area contributed by atoms with Crippen molar-refractivity contribution in [1.82, 2.24) is 9.55 Å². The van der Waals surface area contributed by atoms with E-state index < -0.39 is 0 Å². The Labute approximate surface area is 157 Å². The smallest absolute Gasteiger partial charge is 0.253 e. The number of anilines is 1. The molecule has 1 aliphatic heterocycles. The number of amides is 1. The molecular weight excluding hydrogens is 338 g/mol. The van der Waals surface area contributed by atoms with Crippen LogP contribution in [0.4, 0.5) is 5.69 Å². The van der Waals surface area contributed by atoms with Gasteiger partial charge in [-0.15, -0.1) is 0 Å². The van der Waals surface area contributed by atoms with Crippen molar-refractivity contribution < 1.29 is 4.79 Å². The Morgan fingerprint density at radius 3 is 2.74 bits per heavy atom. The predicted octanol–water partition coefficient (Wildman–Crippen LogP) is 3.23. The van der Waals surface area contributed by atoms with Crippen molar-refractivity contribution >= 4 is 11.6 Å². The van der Waals surface area contributed by atoms with Gasteiger partial charge in [0.15, 0.2) is 0 Å². The van der Waals surface area contributed by atoms with Crippen molar-refractivity contribution in [3.8, 4) is 11.1 Å². The molecule has 0 atom stereocenters. The molecule has 2 aromatic heterocycles. The maximum Gasteiger partial charge on any atom is 0.253 e. The molecule has 4 rings (SSSR count). The second kappa shape index (κ2) is 6.83. The molecule has 1 N–H and O–H groups in total. The SMILES string of the molecule is Cc1cc(-c2cc3c(c(Cc4cccnc4)c2)NC(=O)CC3)cn(C)c1=O. The van der Waals surface area contributed by atoms with E-state index in [9.17, 15) is 9.59 Å². The average molecular weight is 359 g/mol. The van der Waals surface area contributed by atoms with Crippen LogP contribution >= 0.6 is 0 Å². The lowest BCUT2D eigenvalue weighted by atomic mass is 9.91. The standard InChI is InChI=1S/C22H21N3O2/c1-14-8-19(13-25(2)22(14)27)17-10-16-5-6-20(26)24-21(16)18(11-17)9-15-4-3-7-23-12-15/h3-4,7-8,10-13H,5-6,9H2,1-2H3,(H,24,26). The molecule has 3 aromatic rings. The van der Waals surface area contributed by atoms with Crippen LogP contribution in [0.3, 0.4) is 0 Å². The van der Waals surface area contributed by atoms with Crippen LogP contribution in [0.25, 0.3) is 11.1 Å². The van der Waals surface area contributed by atoms with Crippen LogP contribution in [0.1, 0.15) is 28.7 Å². The first-order chi connectivity index (χ1) is 13.0. The van der Waals surface area contributed by atoms with Gasteiger partial charge < -0.3 is 9.88 Å². The van der Waals surface area contributed by atoms with Crippen molar-refractivity contribution in [2.24, 2.45) is 7.05 Å². The average Bonchev–Trinajstić information content (AvgIpc) is 2.66. The maximum absolute atomic E-state index is 12.0. The van der Waals surface area contributed by atoms with Crippen LogP contribution in [0, 0.1) is 6.92 Å². The zero-order valence-corrected chi connectivity index (χ0v) is 15.5. The summed E-state index contributed by atoms with van der Waals surface area (Å²) in [4.78, 5) is 28.2. The lowest BCUT2D eigenvalue weighted by Crippen LogP contribution is -2.21. The van der Waals surface area contributed by atoms with Gasteiger partial charge in [0.05, 0.1) is 0 Å². The Balaban J connectivity index is 1.85. The molecule has 5 heteroatoms. The summed E-state index contributed by atoms with van der Waals surface area (Å²) in [6, 6.07) is 10.1. The summed E-state index contributed by atoms with van der Waals surface area (Å²) in [5.41, 5.74) is 7.00. The number of nitrogens with one attached hydrogen (secondary N) is 1. The van der Waals surface area contributed by atoms with E-state index in [-0.39, 0.29) is 11.5 Å². The van der Waals surface area contributed by atoms with Gasteiger partial charge in [-0.1, -0.05) is 6.07 Å². The first kappa shape index (κ1) is 17.2. The van der Waals surface area contributed by atoms with E-state index >= 15 is 0 Å². The molecule has 1 amide bonds. The topological polar surface area (TPSA) is 64.0 Å². The van der Waals surface area contributed by atoms with E-state index in [4.69, 9.17) is 0 Å². The van der Waals surface area contributed by atoms with E-state index in [0.717, 1.165) is 45.5 Å². The molecule has 0 saturated carbocycles. The zero-order chi connectivity index (χ0) is 19.0. The number of benzene rings is 1. The third kappa shape index (κ3) is 3.40. The summed E-state index contributed by atoms with van der Waals surface area (Å²) in [5, 5.41) is 3.04. The van der Waals surface area contributed by atoms with E-state index in [1.165, 1.54) is 0 Å². The van der Waals surface area contributed by atoms with E-state index in [1.54, 1.807) is 17.8 Å². The lowest BCUT2D eigenvalue weighted by molar-refractivity contribution is -0.116. The number of carbonyl (C=O) groups excluding carboxylic acids is 1. The van der Waals surface area contributed by atoms with Crippen LogP contribution in [-0.4, -0.2) is 15.5 Å². The van der Waals surface area contributed by atoms with Crippen molar-refractivity contribution in [2.75, 3.05) is 5.32 Å². The zero-order valence-electron chi connectivity index (χ0n) is 15.5. The van der Waals surface area contributed by atoms with Gasteiger partial charge in [0, 0.05) is 49.7 Å². The quantitative estimate of drug-likeness (QED) is 0.781. The number of rotatable bonds is 3. The van der Waals surface area contributed by atoms with Gasteiger partial charge in [-0.3, -0.25) is 14.6 Å². The highest BCUT2D eigenvalue weighted by Crippen LogP contribution is 2.33. The van der Waals surface area contributed by atoms with E-state index in [0.29, 0.717) is 12.8 Å². The Kier molecular flexibility index (Phi) is 4.36. The Hall–Kier alpha value is -3.21. The summed E-state index contributed by atoms with van der Waals surface area (Å²) in [6.07, 6.45) is 7.38. The molecule has 0 radical (unpaired) electrons. The summed E-state index contributed by atoms with van der Waals surface area (Å²) in [7, 11) is 1.77. The third-order valence-corrected chi connectivity index (χ3v) is 5.00. The van der Waals surface area contributed by atoms with Crippen molar-refractivity contribution in [3.63, 3.8) is 0 Å². The highest BCUT2D eigenvalue weighted by atomic mass is 16.1. The number of hydrogen-bond donors (Lipinski definition) is 1. The highest BCUT2D eigenvalue weighted by molar-refractivity contribution is 5.95. The minimum absolute atomic E-state index is 0.0135. The number of pyridine rings is 2. The summed E-state index contributed by atoms with van der Waals surface area (Å²) in [5.74, 6) is 0.0561. The summed E-state index contributed by atoms with van der Waals surface area (Å²) in [6.45, 7) is 1.83. The third-order valence-electron chi connectivity index (χ3n) is 5.00. The molecular formula is C22H21N3O2. The first-order valence-corrected chi connectivity index (χ1v) is 9.03. The predicted molar refractivity (Wildman–Crippen MR) is 106 cm³/mol. The minimum atomic E-state index is 0.0135. The summed E-state index contributed by atoms with van der Waals surface area (Å²) >= 11 is 0. The van der Waals surface area contributed by atoms with Gasteiger partial charge in [0.1, 0.15) is 0 Å². The molecule has 3 heterocycles. The van der Waals surface area contributed by atoms with Crippen LogP contribution in [0.15, 0.2) is 53.7 Å². The number of aromatic nitrogens is 2. The van der Waals surface area contributed by atoms with Gasteiger partial charge in [-0.2, -0.15) is 0 Å². The first-order valence-electron chi connectivity index (χ1n) is 9.03. The molecule has 0 saturated heterocycles. The van der Waals surface area contributed by atoms with Crippen LogP contribution in [-0.2, 0) is 24.7 Å². The molecule has 5 nitrogen and oxygen atoms in total. The second-order valence-electron chi connectivity index (χ2n) is 7.08. The Bertz CT molecular complexity index is 1060. The number of hydrogen-bond acceptors (Lipinski definition) is 3. The molecule has 1 aromatic carbocycles. The second-order valence-corrected chi connectivity index (χ2v) is 7.08. The Morgan fingerprint density at radius 1 is 1.15 bits per heavy atom. The fourth-order valence-corrected chi connectivity index (χ4v) is 3.64. The highest BCUT2D eigenvalue weighted by Gasteiger charge is 2.20. The van der Waals surface area contributed by atoms with E-state index in [2.05, 4.69) is 22.4 Å². The van der Waals surface area contributed by atoms with Crippen molar-refractivity contribution in [1.29, 1.82) is 0 Å². The molecule has 136 valence electrons. The minimum Gasteiger partial charge on any atom is -0.326 e. The maximum atomic E-state index is 12.0. The van der Waals surface area contributed by atoms with Crippen LogP contribution in [0.5, 0.6) is 0 Å². The fourth-order valence-electron chi connectivity index (χ4n) is 3.64. The molecule has 27 heavy (non-hydrogen) atoms. The molecule has 0 aliphatic carbocycles.